The van der Waals surface area contributed by atoms with E-state index in [1.165, 1.54) is 12.1 Å². The second-order valence-electron chi connectivity index (χ2n) is 7.43. The summed E-state index contributed by atoms with van der Waals surface area (Å²) in [4.78, 5) is 24.6. The van der Waals surface area contributed by atoms with Gasteiger partial charge in [-0.3, -0.25) is 9.59 Å². The molecule has 31 heavy (non-hydrogen) atoms. The molecule has 154 valence electrons. The zero-order valence-electron chi connectivity index (χ0n) is 16.6. The Labute approximate surface area is 179 Å². The first-order chi connectivity index (χ1) is 15.0. The summed E-state index contributed by atoms with van der Waals surface area (Å²) in [6, 6.07) is 22.9. The first-order valence-corrected chi connectivity index (χ1v) is 9.84. The Kier molecular flexibility index (Phi) is 5.52. The Hall–Kier alpha value is -3.95. The molecule has 0 aromatic heterocycles. The third-order valence-electron chi connectivity index (χ3n) is 5.66. The number of nitrogens with zero attached hydrogens (tertiary/aromatic N) is 1. The molecule has 1 aliphatic carbocycles. The molecule has 0 amide bonds. The van der Waals surface area contributed by atoms with Gasteiger partial charge in [-0.05, 0) is 39.9 Å². The summed E-state index contributed by atoms with van der Waals surface area (Å²) in [6.07, 6.45) is 0. The molecule has 3 N–H and O–H groups in total. The molecule has 0 saturated carbocycles. The van der Waals surface area contributed by atoms with Gasteiger partial charge in [0.25, 0.3) is 0 Å². The van der Waals surface area contributed by atoms with E-state index in [0.29, 0.717) is 11.1 Å². The molecule has 0 fully saturated rings. The fourth-order valence-corrected chi connectivity index (χ4v) is 4.07. The second-order valence-corrected chi connectivity index (χ2v) is 7.43. The molecule has 0 heterocycles. The van der Waals surface area contributed by atoms with Crippen molar-refractivity contribution < 1.29 is 19.4 Å². The zero-order chi connectivity index (χ0) is 22.0. The minimum absolute atomic E-state index is 0.0245. The van der Waals surface area contributed by atoms with Crippen LogP contribution in [-0.4, -0.2) is 23.7 Å². The lowest BCUT2D eigenvalue weighted by Gasteiger charge is -2.21. The number of rotatable bonds is 6. The lowest BCUT2D eigenvalue weighted by Crippen LogP contribution is -2.36. The molecule has 2 atom stereocenters. The highest BCUT2D eigenvalue weighted by Crippen LogP contribution is 2.44. The molecule has 6 heteroatoms. The predicted molar refractivity (Wildman–Crippen MR) is 114 cm³/mol. The van der Waals surface area contributed by atoms with E-state index in [4.69, 9.17) is 15.7 Å². The van der Waals surface area contributed by atoms with Crippen LogP contribution >= 0.6 is 0 Å². The number of benzene rings is 3. The first kappa shape index (κ1) is 20.3. The molecule has 0 radical (unpaired) electrons. The summed E-state index contributed by atoms with van der Waals surface area (Å²) in [7, 11) is 0. The Bertz CT molecular complexity index is 1140. The van der Waals surface area contributed by atoms with Gasteiger partial charge in [-0.1, -0.05) is 60.7 Å². The van der Waals surface area contributed by atoms with Crippen LogP contribution in [0.15, 0.2) is 72.8 Å². The lowest BCUT2D eigenvalue weighted by molar-refractivity contribution is -0.160. The number of carbonyl (C=O) groups excluding carboxylic acids is 1. The van der Waals surface area contributed by atoms with Gasteiger partial charge in [-0.15, -0.1) is 0 Å². The molecule has 3 aromatic rings. The number of nitriles is 1. The van der Waals surface area contributed by atoms with Gasteiger partial charge in [0.2, 0.25) is 0 Å². The molecule has 6 nitrogen and oxygen atoms in total. The number of hydrogen-bond acceptors (Lipinski definition) is 5. The van der Waals surface area contributed by atoms with E-state index in [9.17, 15) is 14.7 Å². The van der Waals surface area contributed by atoms with Crippen LogP contribution in [0.3, 0.4) is 0 Å². The Morgan fingerprint density at radius 1 is 0.968 bits per heavy atom. The van der Waals surface area contributed by atoms with E-state index in [0.717, 1.165) is 22.3 Å². The Morgan fingerprint density at radius 2 is 1.52 bits per heavy atom. The second kappa shape index (κ2) is 8.42. The highest BCUT2D eigenvalue weighted by atomic mass is 16.5. The molecular formula is C25H20N2O4. The molecule has 0 bridgehead atoms. The molecule has 1 unspecified atom stereocenters. The zero-order valence-corrected chi connectivity index (χ0v) is 16.6. The molecule has 1 aliphatic rings. The average molecular weight is 412 g/mol. The van der Waals surface area contributed by atoms with Crippen molar-refractivity contribution in [2.75, 3.05) is 6.61 Å². The van der Waals surface area contributed by atoms with E-state index in [1.54, 1.807) is 12.1 Å². The SMILES string of the molecule is N#Cc1ccc(C(N)[C@@H](C(=O)O)C(=O)OCC2c3ccccc3-c3ccccc32)cc1. The number of carboxylic acid groups (broad SMARTS) is 1. The number of carbonyl (C=O) groups is 2. The van der Waals surface area contributed by atoms with Crippen molar-refractivity contribution in [1.29, 1.82) is 5.26 Å². The first-order valence-electron chi connectivity index (χ1n) is 9.84. The average Bonchev–Trinajstić information content (AvgIpc) is 3.11. The van der Waals surface area contributed by atoms with E-state index in [1.807, 2.05) is 54.6 Å². The molecular weight excluding hydrogens is 392 g/mol. The predicted octanol–water partition coefficient (Wildman–Crippen LogP) is 3.61. The molecule has 0 aliphatic heterocycles. The van der Waals surface area contributed by atoms with Gasteiger partial charge in [-0.2, -0.15) is 5.26 Å². The van der Waals surface area contributed by atoms with Crippen LogP contribution in [0.4, 0.5) is 0 Å². The third kappa shape index (κ3) is 3.79. The highest BCUT2D eigenvalue weighted by Gasteiger charge is 2.37. The molecule has 0 spiro atoms. The maximum absolute atomic E-state index is 12.8. The van der Waals surface area contributed by atoms with Crippen molar-refractivity contribution in [3.8, 4) is 17.2 Å². The number of esters is 1. The number of carboxylic acids is 1. The summed E-state index contributed by atoms with van der Waals surface area (Å²) in [6.45, 7) is 0.0245. The maximum Gasteiger partial charge on any atom is 0.322 e. The monoisotopic (exact) mass is 412 g/mol. The van der Waals surface area contributed by atoms with Crippen molar-refractivity contribution in [2.24, 2.45) is 11.7 Å². The number of nitrogens with two attached hydrogens (primary N) is 1. The fourth-order valence-electron chi connectivity index (χ4n) is 4.07. The highest BCUT2D eigenvalue weighted by molar-refractivity contribution is 5.95. The van der Waals surface area contributed by atoms with Crippen LogP contribution in [-0.2, 0) is 14.3 Å². The molecule has 0 saturated heterocycles. The minimum atomic E-state index is -1.56. The number of ether oxygens (including phenoxy) is 1. The van der Waals surface area contributed by atoms with Crippen molar-refractivity contribution in [3.63, 3.8) is 0 Å². The molecule has 4 rings (SSSR count). The van der Waals surface area contributed by atoms with Gasteiger partial charge < -0.3 is 15.6 Å². The van der Waals surface area contributed by atoms with Gasteiger partial charge in [-0.25, -0.2) is 0 Å². The number of aliphatic carboxylic acids is 1. The quantitative estimate of drug-likeness (QED) is 0.472. The van der Waals surface area contributed by atoms with Gasteiger partial charge in [0.15, 0.2) is 5.92 Å². The minimum Gasteiger partial charge on any atom is -0.481 e. The standard InChI is InChI=1S/C25H20N2O4/c26-13-15-9-11-16(12-10-15)23(27)22(24(28)29)25(30)31-14-21-19-7-3-1-5-17(19)18-6-2-4-8-20(18)21/h1-12,21-23H,14,27H2,(H,28,29)/t22-,23?/m0/s1. The van der Waals surface area contributed by atoms with Crippen LogP contribution in [0.5, 0.6) is 0 Å². The van der Waals surface area contributed by atoms with Crippen LogP contribution in [0, 0.1) is 17.2 Å². The fraction of sp³-hybridized carbons (Fsp3) is 0.160. The summed E-state index contributed by atoms with van der Waals surface area (Å²) >= 11 is 0. The topological polar surface area (TPSA) is 113 Å². The number of fused-ring (bicyclic) bond motifs is 3. The van der Waals surface area contributed by atoms with Crippen LogP contribution in [0.25, 0.3) is 11.1 Å². The van der Waals surface area contributed by atoms with Crippen LogP contribution < -0.4 is 5.73 Å². The Balaban J connectivity index is 1.54. The summed E-state index contributed by atoms with van der Waals surface area (Å²) in [5.41, 5.74) is 11.2. The Morgan fingerprint density at radius 3 is 2.03 bits per heavy atom. The molecule has 3 aromatic carbocycles. The van der Waals surface area contributed by atoms with Crippen molar-refractivity contribution in [3.05, 3.63) is 95.1 Å². The number of hydrogen-bond donors (Lipinski definition) is 2. The van der Waals surface area contributed by atoms with E-state index < -0.39 is 23.9 Å². The summed E-state index contributed by atoms with van der Waals surface area (Å²) < 4.78 is 5.50. The van der Waals surface area contributed by atoms with Gasteiger partial charge in [0.05, 0.1) is 17.7 Å². The van der Waals surface area contributed by atoms with Gasteiger partial charge >= 0.3 is 11.9 Å². The normalized spacial score (nSPS) is 14.1. The van der Waals surface area contributed by atoms with Crippen molar-refractivity contribution in [2.45, 2.75) is 12.0 Å². The van der Waals surface area contributed by atoms with Crippen LogP contribution in [0.2, 0.25) is 0 Å². The van der Waals surface area contributed by atoms with E-state index in [2.05, 4.69) is 0 Å². The van der Waals surface area contributed by atoms with Crippen molar-refractivity contribution in [1.82, 2.24) is 0 Å². The smallest absolute Gasteiger partial charge is 0.322 e. The van der Waals surface area contributed by atoms with Gasteiger partial charge in [0, 0.05) is 5.92 Å². The summed E-state index contributed by atoms with van der Waals surface area (Å²) in [5.74, 6) is -3.96. The van der Waals surface area contributed by atoms with E-state index in [-0.39, 0.29) is 12.5 Å². The van der Waals surface area contributed by atoms with Crippen molar-refractivity contribution >= 4 is 11.9 Å². The maximum atomic E-state index is 12.8. The summed E-state index contributed by atoms with van der Waals surface area (Å²) in [5, 5.41) is 18.6. The van der Waals surface area contributed by atoms with Gasteiger partial charge in [0.1, 0.15) is 6.61 Å². The van der Waals surface area contributed by atoms with Crippen LogP contribution in [0.1, 0.15) is 34.2 Å². The largest absolute Gasteiger partial charge is 0.481 e. The van der Waals surface area contributed by atoms with E-state index >= 15 is 0 Å². The third-order valence-corrected chi connectivity index (χ3v) is 5.66. The lowest BCUT2D eigenvalue weighted by atomic mass is 9.93.